The van der Waals surface area contributed by atoms with Crippen molar-refractivity contribution in [2.45, 2.75) is 19.4 Å². The smallest absolute Gasteiger partial charge is 0.251 e. The van der Waals surface area contributed by atoms with Gasteiger partial charge in [-0.3, -0.25) is 4.79 Å². The summed E-state index contributed by atoms with van der Waals surface area (Å²) in [6, 6.07) is 23.5. The van der Waals surface area contributed by atoms with E-state index >= 15 is 0 Å². The van der Waals surface area contributed by atoms with Crippen molar-refractivity contribution in [2.75, 3.05) is 18.6 Å². The largest absolute Gasteiger partial charge is 0.497 e. The number of amides is 1. The third kappa shape index (κ3) is 5.84. The summed E-state index contributed by atoms with van der Waals surface area (Å²) < 4.78 is 5.34. The molecule has 1 N–H and O–H groups in total. The zero-order chi connectivity index (χ0) is 24.2. The standard InChI is InChI=1S/C28H26ClN3O2S/c1-34-25-14-12-24(13-15-25)32(28-31-26(18-35-28)21-8-10-23(29)11-9-21)17-20-4-6-22(7-5-20)27(33)30-16-19-2-3-19/h4-15,18-19H,2-3,16-17H2,1H3,(H,30,33). The molecular formula is C28H26ClN3O2S. The maximum atomic E-state index is 12.4. The summed E-state index contributed by atoms with van der Waals surface area (Å²) >= 11 is 7.64. The Bertz CT molecular complexity index is 1280. The number of rotatable bonds is 9. The Morgan fingerprint density at radius 2 is 1.77 bits per heavy atom. The van der Waals surface area contributed by atoms with E-state index in [-0.39, 0.29) is 5.91 Å². The van der Waals surface area contributed by atoms with E-state index in [1.54, 1.807) is 18.4 Å². The highest BCUT2D eigenvalue weighted by atomic mass is 35.5. The van der Waals surface area contributed by atoms with Gasteiger partial charge >= 0.3 is 0 Å². The van der Waals surface area contributed by atoms with Crippen LogP contribution in [0.2, 0.25) is 5.02 Å². The van der Waals surface area contributed by atoms with Crippen LogP contribution in [0.15, 0.2) is 78.2 Å². The van der Waals surface area contributed by atoms with Crippen LogP contribution in [0.3, 0.4) is 0 Å². The van der Waals surface area contributed by atoms with E-state index in [0.29, 0.717) is 23.0 Å². The molecule has 1 fully saturated rings. The van der Waals surface area contributed by atoms with Gasteiger partial charge in [-0.25, -0.2) is 4.98 Å². The molecule has 1 aliphatic carbocycles. The second kappa shape index (κ2) is 10.5. The zero-order valence-electron chi connectivity index (χ0n) is 19.4. The number of nitrogens with one attached hydrogen (secondary N) is 1. The molecule has 1 amide bonds. The third-order valence-electron chi connectivity index (χ3n) is 6.05. The molecule has 1 saturated carbocycles. The number of thiazole rings is 1. The summed E-state index contributed by atoms with van der Waals surface area (Å²) in [6.07, 6.45) is 2.44. The summed E-state index contributed by atoms with van der Waals surface area (Å²) in [5, 5.41) is 6.67. The van der Waals surface area contributed by atoms with Gasteiger partial charge in [0.2, 0.25) is 0 Å². The molecule has 0 atom stereocenters. The molecule has 4 aromatic rings. The topological polar surface area (TPSA) is 54.5 Å². The van der Waals surface area contributed by atoms with Crippen molar-refractivity contribution in [3.05, 3.63) is 94.3 Å². The van der Waals surface area contributed by atoms with Crippen LogP contribution in [0, 0.1) is 5.92 Å². The molecule has 0 aliphatic heterocycles. The van der Waals surface area contributed by atoms with Gasteiger partial charge in [0.1, 0.15) is 5.75 Å². The van der Waals surface area contributed by atoms with Gasteiger partial charge in [-0.15, -0.1) is 11.3 Å². The van der Waals surface area contributed by atoms with Gasteiger partial charge < -0.3 is 15.0 Å². The highest BCUT2D eigenvalue weighted by Gasteiger charge is 2.22. The van der Waals surface area contributed by atoms with Crippen molar-refractivity contribution < 1.29 is 9.53 Å². The maximum Gasteiger partial charge on any atom is 0.251 e. The molecule has 0 saturated heterocycles. The molecule has 35 heavy (non-hydrogen) atoms. The first-order chi connectivity index (χ1) is 17.1. The van der Waals surface area contributed by atoms with E-state index in [2.05, 4.69) is 15.6 Å². The normalized spacial score (nSPS) is 12.9. The lowest BCUT2D eigenvalue weighted by Crippen LogP contribution is -2.25. The monoisotopic (exact) mass is 503 g/mol. The minimum atomic E-state index is -0.0111. The van der Waals surface area contributed by atoms with Crippen LogP contribution in [-0.2, 0) is 6.54 Å². The highest BCUT2D eigenvalue weighted by molar-refractivity contribution is 7.14. The quantitative estimate of drug-likeness (QED) is 0.268. The Morgan fingerprint density at radius 1 is 1.06 bits per heavy atom. The van der Waals surface area contributed by atoms with Gasteiger partial charge in [-0.2, -0.15) is 0 Å². The zero-order valence-corrected chi connectivity index (χ0v) is 21.0. The van der Waals surface area contributed by atoms with E-state index < -0.39 is 0 Å². The molecule has 7 heteroatoms. The van der Waals surface area contributed by atoms with Crippen molar-refractivity contribution >= 4 is 39.7 Å². The van der Waals surface area contributed by atoms with Crippen LogP contribution in [0.25, 0.3) is 11.3 Å². The molecule has 1 aliphatic rings. The molecule has 0 radical (unpaired) electrons. The molecule has 5 rings (SSSR count). The van der Waals surface area contributed by atoms with E-state index in [9.17, 15) is 4.79 Å². The number of hydrogen-bond donors (Lipinski definition) is 1. The first-order valence-corrected chi connectivity index (χ1v) is 12.8. The van der Waals surface area contributed by atoms with Crippen LogP contribution >= 0.6 is 22.9 Å². The van der Waals surface area contributed by atoms with Crippen LogP contribution in [0.1, 0.15) is 28.8 Å². The lowest BCUT2D eigenvalue weighted by atomic mass is 10.1. The average Bonchev–Trinajstić information content (AvgIpc) is 3.61. The lowest BCUT2D eigenvalue weighted by molar-refractivity contribution is 0.0952. The number of ether oxygens (including phenoxy) is 1. The number of methoxy groups -OCH3 is 1. The first-order valence-electron chi connectivity index (χ1n) is 11.6. The number of aromatic nitrogens is 1. The van der Waals surface area contributed by atoms with Crippen LogP contribution < -0.4 is 15.0 Å². The summed E-state index contributed by atoms with van der Waals surface area (Å²) in [7, 11) is 1.66. The van der Waals surface area contributed by atoms with Gasteiger partial charge in [0.25, 0.3) is 5.91 Å². The van der Waals surface area contributed by atoms with Gasteiger partial charge in [0, 0.05) is 33.8 Å². The van der Waals surface area contributed by atoms with E-state index in [1.165, 1.54) is 12.8 Å². The number of hydrogen-bond acceptors (Lipinski definition) is 5. The third-order valence-corrected chi connectivity index (χ3v) is 7.17. The van der Waals surface area contributed by atoms with Crippen molar-refractivity contribution in [3.8, 4) is 17.0 Å². The average molecular weight is 504 g/mol. The predicted octanol–water partition coefficient (Wildman–Crippen LogP) is 6.95. The fourth-order valence-electron chi connectivity index (χ4n) is 3.78. The number of carbonyl (C=O) groups is 1. The molecule has 3 aromatic carbocycles. The summed E-state index contributed by atoms with van der Waals surface area (Å²) in [5.74, 6) is 1.45. The molecule has 0 bridgehead atoms. The van der Waals surface area contributed by atoms with Crippen LogP contribution in [0.5, 0.6) is 5.75 Å². The number of anilines is 2. The van der Waals surface area contributed by atoms with Crippen molar-refractivity contribution in [2.24, 2.45) is 5.92 Å². The van der Waals surface area contributed by atoms with Gasteiger partial charge in [-0.1, -0.05) is 35.9 Å². The molecule has 5 nitrogen and oxygen atoms in total. The maximum absolute atomic E-state index is 12.4. The van der Waals surface area contributed by atoms with E-state index in [4.69, 9.17) is 21.3 Å². The van der Waals surface area contributed by atoms with Crippen molar-refractivity contribution in [1.82, 2.24) is 10.3 Å². The van der Waals surface area contributed by atoms with Crippen LogP contribution in [-0.4, -0.2) is 24.5 Å². The van der Waals surface area contributed by atoms with Crippen molar-refractivity contribution in [3.63, 3.8) is 0 Å². The lowest BCUT2D eigenvalue weighted by Gasteiger charge is -2.22. The Morgan fingerprint density at radius 3 is 2.43 bits per heavy atom. The van der Waals surface area contributed by atoms with Gasteiger partial charge in [0.15, 0.2) is 5.13 Å². The van der Waals surface area contributed by atoms with Gasteiger partial charge in [-0.05, 0) is 72.9 Å². The minimum Gasteiger partial charge on any atom is -0.497 e. The number of benzene rings is 3. The minimum absolute atomic E-state index is 0.0111. The molecule has 1 aromatic heterocycles. The van der Waals surface area contributed by atoms with E-state index in [0.717, 1.165) is 39.9 Å². The second-order valence-corrected chi connectivity index (χ2v) is 9.93. The number of nitrogens with zero attached hydrogens (tertiary/aromatic N) is 2. The summed E-state index contributed by atoms with van der Waals surface area (Å²) in [6.45, 7) is 1.38. The Balaban J connectivity index is 1.38. The SMILES string of the molecule is COc1ccc(N(Cc2ccc(C(=O)NCC3CC3)cc2)c2nc(-c3ccc(Cl)cc3)cs2)cc1. The Labute approximate surface area is 214 Å². The van der Waals surface area contributed by atoms with Crippen molar-refractivity contribution in [1.29, 1.82) is 0 Å². The molecule has 1 heterocycles. The fourth-order valence-corrected chi connectivity index (χ4v) is 4.76. The molecule has 0 unspecified atom stereocenters. The first kappa shape index (κ1) is 23.4. The summed E-state index contributed by atoms with van der Waals surface area (Å²) in [4.78, 5) is 19.5. The molecule has 178 valence electrons. The van der Waals surface area contributed by atoms with Crippen LogP contribution in [0.4, 0.5) is 10.8 Å². The Hall–Kier alpha value is -3.35. The number of halogens is 1. The molecular weight excluding hydrogens is 478 g/mol. The molecule has 0 spiro atoms. The van der Waals surface area contributed by atoms with Gasteiger partial charge in [0.05, 0.1) is 19.3 Å². The second-order valence-electron chi connectivity index (χ2n) is 8.66. The highest BCUT2D eigenvalue weighted by Crippen LogP contribution is 2.34. The summed E-state index contributed by atoms with van der Waals surface area (Å²) in [5.41, 5.74) is 4.71. The predicted molar refractivity (Wildman–Crippen MR) is 143 cm³/mol. The fraction of sp³-hybridized carbons (Fsp3) is 0.214. The van der Waals surface area contributed by atoms with E-state index in [1.807, 2.05) is 72.8 Å². The number of carbonyl (C=O) groups excluding carboxylic acids is 1. The Kier molecular flexibility index (Phi) is 7.02.